The predicted octanol–water partition coefficient (Wildman–Crippen LogP) is 2.34. The maximum atomic E-state index is 4.73. The van der Waals surface area contributed by atoms with E-state index in [9.17, 15) is 0 Å². The van der Waals surface area contributed by atoms with Gasteiger partial charge in [0.25, 0.3) is 0 Å². The number of rotatable bonds is 4. The van der Waals surface area contributed by atoms with E-state index in [0.717, 1.165) is 50.4 Å². The van der Waals surface area contributed by atoms with Crippen LogP contribution in [0, 0.1) is 13.8 Å². The molecule has 0 N–H and O–H groups in total. The Bertz CT molecular complexity index is 674. The van der Waals surface area contributed by atoms with Gasteiger partial charge in [-0.2, -0.15) is 5.10 Å². The van der Waals surface area contributed by atoms with E-state index in [1.165, 1.54) is 22.5 Å². The summed E-state index contributed by atoms with van der Waals surface area (Å²) in [5, 5.41) is 4.52. The van der Waals surface area contributed by atoms with Gasteiger partial charge in [-0.05, 0) is 20.3 Å². The van der Waals surface area contributed by atoms with E-state index in [-0.39, 0.29) is 0 Å². The molecule has 0 aliphatic carbocycles. The molecule has 118 valence electrons. The van der Waals surface area contributed by atoms with Gasteiger partial charge < -0.3 is 0 Å². The van der Waals surface area contributed by atoms with E-state index in [2.05, 4.69) is 35.8 Å². The summed E-state index contributed by atoms with van der Waals surface area (Å²) < 4.78 is 1.97. The van der Waals surface area contributed by atoms with Crippen molar-refractivity contribution in [3.8, 4) is 0 Å². The third-order valence-corrected chi connectivity index (χ3v) is 4.58. The van der Waals surface area contributed by atoms with Gasteiger partial charge in [0.2, 0.25) is 0 Å². The van der Waals surface area contributed by atoms with Crippen LogP contribution < -0.4 is 0 Å². The summed E-state index contributed by atoms with van der Waals surface area (Å²) in [7, 11) is 2.01. The lowest BCUT2D eigenvalue weighted by atomic mass is 10.1. The van der Waals surface area contributed by atoms with Crippen LogP contribution in [-0.2, 0) is 33.0 Å². The molecule has 0 radical (unpaired) electrons. The maximum absolute atomic E-state index is 4.73. The van der Waals surface area contributed by atoms with Gasteiger partial charge in [-0.1, -0.05) is 6.92 Å². The molecule has 0 bridgehead atoms. The lowest BCUT2D eigenvalue weighted by molar-refractivity contribution is 0.241. The zero-order valence-electron chi connectivity index (χ0n) is 14.1. The molecule has 0 aromatic carbocycles. The number of nitrogens with zero attached hydrogens (tertiary/aromatic N) is 5. The van der Waals surface area contributed by atoms with E-state index in [1.807, 2.05) is 17.9 Å². The van der Waals surface area contributed by atoms with Gasteiger partial charge in [0.05, 0.1) is 5.69 Å². The first-order valence-electron chi connectivity index (χ1n) is 8.13. The van der Waals surface area contributed by atoms with Crippen LogP contribution >= 0.6 is 0 Å². The summed E-state index contributed by atoms with van der Waals surface area (Å²) in [5.41, 5.74) is 6.28. The van der Waals surface area contributed by atoms with Crippen LogP contribution in [0.3, 0.4) is 0 Å². The molecule has 5 heteroatoms. The second-order valence-electron chi connectivity index (χ2n) is 6.24. The van der Waals surface area contributed by atoms with Crippen LogP contribution in [-0.4, -0.2) is 31.2 Å². The Morgan fingerprint density at radius 1 is 1.27 bits per heavy atom. The molecule has 0 amide bonds. The van der Waals surface area contributed by atoms with E-state index < -0.39 is 0 Å². The van der Waals surface area contributed by atoms with Crippen molar-refractivity contribution in [1.82, 2.24) is 24.6 Å². The molecule has 3 rings (SSSR count). The van der Waals surface area contributed by atoms with Crippen molar-refractivity contribution >= 4 is 0 Å². The quantitative estimate of drug-likeness (QED) is 0.869. The minimum Gasteiger partial charge on any atom is -0.294 e. The summed E-state index contributed by atoms with van der Waals surface area (Å²) in [6, 6.07) is 0. The number of hydrogen-bond donors (Lipinski definition) is 0. The summed E-state index contributed by atoms with van der Waals surface area (Å²) >= 11 is 0. The van der Waals surface area contributed by atoms with Crippen molar-refractivity contribution in [2.24, 2.45) is 7.05 Å². The van der Waals surface area contributed by atoms with Crippen molar-refractivity contribution in [2.75, 3.05) is 6.54 Å². The largest absolute Gasteiger partial charge is 0.294 e. The monoisotopic (exact) mass is 299 g/mol. The molecule has 2 aromatic rings. The molecule has 22 heavy (non-hydrogen) atoms. The maximum Gasteiger partial charge on any atom is 0.128 e. The van der Waals surface area contributed by atoms with Crippen LogP contribution in [0.2, 0.25) is 0 Å². The van der Waals surface area contributed by atoms with Gasteiger partial charge >= 0.3 is 0 Å². The molecule has 5 nitrogen and oxygen atoms in total. The first-order chi connectivity index (χ1) is 10.6. The lowest BCUT2D eigenvalue weighted by Crippen LogP contribution is -2.31. The zero-order chi connectivity index (χ0) is 15.7. The van der Waals surface area contributed by atoms with Gasteiger partial charge in [0.15, 0.2) is 0 Å². The fraction of sp³-hybridized carbons (Fsp3) is 0.588. The summed E-state index contributed by atoms with van der Waals surface area (Å²) in [4.78, 5) is 11.7. The molecule has 0 saturated heterocycles. The molecule has 3 heterocycles. The molecule has 1 aliphatic heterocycles. The molecular formula is C17H25N5. The number of hydrogen-bond acceptors (Lipinski definition) is 4. The Morgan fingerprint density at radius 2 is 2.09 bits per heavy atom. The average molecular weight is 299 g/mol. The Balaban J connectivity index is 1.74. The lowest BCUT2D eigenvalue weighted by Gasteiger charge is -2.28. The highest BCUT2D eigenvalue weighted by molar-refractivity contribution is 5.26. The van der Waals surface area contributed by atoms with Crippen molar-refractivity contribution in [1.29, 1.82) is 0 Å². The van der Waals surface area contributed by atoms with Gasteiger partial charge in [-0.3, -0.25) is 9.58 Å². The fourth-order valence-corrected chi connectivity index (χ4v) is 3.16. The minimum absolute atomic E-state index is 0.940. The Labute approximate surface area is 132 Å². The van der Waals surface area contributed by atoms with Crippen LogP contribution in [0.15, 0.2) is 6.20 Å². The van der Waals surface area contributed by atoms with E-state index in [4.69, 9.17) is 4.98 Å². The molecule has 0 unspecified atom stereocenters. The topological polar surface area (TPSA) is 46.8 Å². The molecular weight excluding hydrogens is 274 g/mol. The Kier molecular flexibility index (Phi) is 4.25. The van der Waals surface area contributed by atoms with E-state index in [0.29, 0.717) is 0 Å². The smallest absolute Gasteiger partial charge is 0.128 e. The highest BCUT2D eigenvalue weighted by Gasteiger charge is 2.20. The van der Waals surface area contributed by atoms with Crippen molar-refractivity contribution in [3.05, 3.63) is 40.2 Å². The predicted molar refractivity (Wildman–Crippen MR) is 86.5 cm³/mol. The van der Waals surface area contributed by atoms with Gasteiger partial charge in [-0.25, -0.2) is 9.97 Å². The number of aryl methyl sites for hydroxylation is 3. The Hall–Kier alpha value is -1.75. The highest BCUT2D eigenvalue weighted by atomic mass is 15.3. The molecule has 0 atom stereocenters. The van der Waals surface area contributed by atoms with Crippen LogP contribution in [0.1, 0.15) is 47.4 Å². The third-order valence-electron chi connectivity index (χ3n) is 4.58. The average Bonchev–Trinajstić information content (AvgIpc) is 2.74. The van der Waals surface area contributed by atoms with Crippen molar-refractivity contribution < 1.29 is 0 Å². The van der Waals surface area contributed by atoms with Crippen LogP contribution in [0.25, 0.3) is 0 Å². The van der Waals surface area contributed by atoms with Gasteiger partial charge in [0, 0.05) is 68.2 Å². The first-order valence-corrected chi connectivity index (χ1v) is 8.13. The molecule has 0 spiro atoms. The summed E-state index contributed by atoms with van der Waals surface area (Å²) in [5.74, 6) is 0.994. The van der Waals surface area contributed by atoms with Gasteiger partial charge in [0.1, 0.15) is 5.82 Å². The summed E-state index contributed by atoms with van der Waals surface area (Å²) in [6.45, 7) is 9.37. The number of aromatic nitrogens is 4. The zero-order valence-corrected chi connectivity index (χ0v) is 14.1. The molecule has 0 saturated carbocycles. The van der Waals surface area contributed by atoms with E-state index in [1.54, 1.807) is 0 Å². The Morgan fingerprint density at radius 3 is 2.77 bits per heavy atom. The normalized spacial score (nSPS) is 15.1. The SMILES string of the molecule is CCCc1ncc2c(n1)CCN(Cc1c(C)nn(C)c1C)C2. The highest BCUT2D eigenvalue weighted by Crippen LogP contribution is 2.21. The van der Waals surface area contributed by atoms with Crippen LogP contribution in [0.4, 0.5) is 0 Å². The number of fused-ring (bicyclic) bond motifs is 1. The second kappa shape index (κ2) is 6.16. The molecule has 2 aromatic heterocycles. The van der Waals surface area contributed by atoms with Crippen LogP contribution in [0.5, 0.6) is 0 Å². The van der Waals surface area contributed by atoms with Gasteiger partial charge in [-0.15, -0.1) is 0 Å². The third kappa shape index (κ3) is 2.90. The standard InChI is InChI=1S/C17H25N5/c1-5-6-17-18-9-14-10-22(8-7-16(14)19-17)11-15-12(2)20-21(4)13(15)3/h9H,5-8,10-11H2,1-4H3. The summed E-state index contributed by atoms with van der Waals surface area (Å²) in [6.07, 6.45) is 5.13. The molecule has 0 fully saturated rings. The van der Waals surface area contributed by atoms with E-state index >= 15 is 0 Å². The van der Waals surface area contributed by atoms with Crippen molar-refractivity contribution in [3.63, 3.8) is 0 Å². The minimum atomic E-state index is 0.940. The molecule has 1 aliphatic rings. The fourth-order valence-electron chi connectivity index (χ4n) is 3.16. The second-order valence-corrected chi connectivity index (χ2v) is 6.24. The van der Waals surface area contributed by atoms with Crippen molar-refractivity contribution in [2.45, 2.75) is 53.1 Å². The first kappa shape index (κ1) is 15.2.